The number of nitrogens with one attached hydrogen (secondary N) is 1. The summed E-state index contributed by atoms with van der Waals surface area (Å²) in [6.45, 7) is 3.44. The van der Waals surface area contributed by atoms with Crippen molar-refractivity contribution < 1.29 is 4.79 Å². The number of fused-ring (bicyclic) bond motifs is 3. The van der Waals surface area contributed by atoms with E-state index in [1.165, 1.54) is 16.4 Å². The summed E-state index contributed by atoms with van der Waals surface area (Å²) in [5.74, 6) is 0.128. The fourth-order valence-corrected chi connectivity index (χ4v) is 2.83. The third kappa shape index (κ3) is 1.91. The van der Waals surface area contributed by atoms with E-state index in [4.69, 9.17) is 0 Å². The number of rotatable bonds is 4. The predicted octanol–water partition coefficient (Wildman–Crippen LogP) is 3.22. The van der Waals surface area contributed by atoms with Gasteiger partial charge in [-0.3, -0.25) is 4.79 Å². The molecule has 3 rings (SSSR count). The quantitative estimate of drug-likeness (QED) is 0.736. The monoisotopic (exact) mass is 266 g/mol. The third-order valence-electron chi connectivity index (χ3n) is 3.75. The van der Waals surface area contributed by atoms with Gasteiger partial charge in [0.2, 0.25) is 0 Å². The van der Waals surface area contributed by atoms with Gasteiger partial charge in [0.15, 0.2) is 5.78 Å². The van der Waals surface area contributed by atoms with Crippen molar-refractivity contribution in [2.24, 2.45) is 0 Å². The first-order valence-corrected chi connectivity index (χ1v) is 6.95. The van der Waals surface area contributed by atoms with Crippen LogP contribution in [0.3, 0.4) is 0 Å². The fraction of sp³-hybridized carbons (Fsp3) is 0.235. The normalized spacial score (nSPS) is 11.3. The number of Topliss-reactive ketones (excluding diaryl/α,β-unsaturated/α-hetero) is 1. The summed E-state index contributed by atoms with van der Waals surface area (Å²) < 4.78 is 2.29. The molecule has 3 aromatic rings. The van der Waals surface area contributed by atoms with E-state index in [1.54, 1.807) is 7.05 Å². The Morgan fingerprint density at radius 1 is 1.10 bits per heavy atom. The van der Waals surface area contributed by atoms with Crippen LogP contribution in [0.5, 0.6) is 0 Å². The average Bonchev–Trinajstić information content (AvgIpc) is 2.80. The number of likely N-dealkylation sites (N-methyl/N-ethyl adjacent to an activating group) is 1. The van der Waals surface area contributed by atoms with Crippen molar-refractivity contribution in [3.63, 3.8) is 0 Å². The van der Waals surface area contributed by atoms with Gasteiger partial charge in [0.25, 0.3) is 0 Å². The topological polar surface area (TPSA) is 34.0 Å². The van der Waals surface area contributed by atoms with Gasteiger partial charge in [-0.25, -0.2) is 0 Å². The maximum atomic E-state index is 12.0. The van der Waals surface area contributed by atoms with Gasteiger partial charge in [-0.1, -0.05) is 18.2 Å². The van der Waals surface area contributed by atoms with Crippen molar-refractivity contribution in [2.75, 3.05) is 13.6 Å². The lowest BCUT2D eigenvalue weighted by Crippen LogP contribution is -2.18. The van der Waals surface area contributed by atoms with Gasteiger partial charge in [-0.05, 0) is 38.2 Å². The standard InChI is InChI=1S/C17H18N2O/c1-3-19-15-7-5-4-6-13(15)14-10-12(8-9-16(14)19)17(20)11-18-2/h4-10,18H,3,11H2,1-2H3. The first kappa shape index (κ1) is 12.9. The number of nitrogens with zero attached hydrogens (tertiary/aromatic N) is 1. The molecular weight excluding hydrogens is 248 g/mol. The van der Waals surface area contributed by atoms with Crippen LogP contribution in [0.15, 0.2) is 42.5 Å². The summed E-state index contributed by atoms with van der Waals surface area (Å²) >= 11 is 0. The molecule has 0 atom stereocenters. The number of aromatic nitrogens is 1. The van der Waals surface area contributed by atoms with Crippen LogP contribution < -0.4 is 5.32 Å². The molecule has 0 aliphatic rings. The lowest BCUT2D eigenvalue weighted by atomic mass is 10.1. The number of hydrogen-bond acceptors (Lipinski definition) is 2. The zero-order valence-electron chi connectivity index (χ0n) is 11.8. The maximum Gasteiger partial charge on any atom is 0.176 e. The van der Waals surface area contributed by atoms with Gasteiger partial charge in [0.05, 0.1) is 6.54 Å². The van der Waals surface area contributed by atoms with Crippen LogP contribution in [-0.4, -0.2) is 23.9 Å². The number of benzene rings is 2. The SMILES string of the molecule is CCn1c2ccccc2c2cc(C(=O)CNC)ccc21. The Labute approximate surface area is 118 Å². The smallest absolute Gasteiger partial charge is 0.176 e. The minimum absolute atomic E-state index is 0.128. The Morgan fingerprint density at radius 3 is 2.60 bits per heavy atom. The van der Waals surface area contributed by atoms with Crippen LogP contribution >= 0.6 is 0 Å². The molecule has 0 saturated heterocycles. The molecule has 0 fully saturated rings. The number of ketones is 1. The number of carbonyl (C=O) groups is 1. The largest absolute Gasteiger partial charge is 0.341 e. The van der Waals surface area contributed by atoms with E-state index in [0.717, 1.165) is 17.5 Å². The van der Waals surface area contributed by atoms with E-state index in [9.17, 15) is 4.79 Å². The minimum Gasteiger partial charge on any atom is -0.341 e. The first-order valence-electron chi connectivity index (χ1n) is 6.95. The van der Waals surface area contributed by atoms with Crippen LogP contribution in [0.2, 0.25) is 0 Å². The fourth-order valence-electron chi connectivity index (χ4n) is 2.83. The summed E-state index contributed by atoms with van der Waals surface area (Å²) in [7, 11) is 1.79. The molecule has 1 heterocycles. The highest BCUT2D eigenvalue weighted by atomic mass is 16.1. The summed E-state index contributed by atoms with van der Waals surface area (Å²) in [5, 5.41) is 5.28. The molecule has 0 aliphatic carbocycles. The molecule has 0 radical (unpaired) electrons. The van der Waals surface area contributed by atoms with Crippen molar-refractivity contribution >= 4 is 27.6 Å². The van der Waals surface area contributed by atoms with Gasteiger partial charge >= 0.3 is 0 Å². The van der Waals surface area contributed by atoms with Crippen molar-refractivity contribution in [2.45, 2.75) is 13.5 Å². The predicted molar refractivity (Wildman–Crippen MR) is 83.4 cm³/mol. The molecule has 20 heavy (non-hydrogen) atoms. The van der Waals surface area contributed by atoms with E-state index < -0.39 is 0 Å². The molecule has 0 amide bonds. The average molecular weight is 266 g/mol. The van der Waals surface area contributed by atoms with E-state index in [1.807, 2.05) is 18.2 Å². The zero-order valence-corrected chi connectivity index (χ0v) is 11.8. The van der Waals surface area contributed by atoms with E-state index in [0.29, 0.717) is 6.54 Å². The van der Waals surface area contributed by atoms with Gasteiger partial charge in [0.1, 0.15) is 0 Å². The summed E-state index contributed by atoms with van der Waals surface area (Å²) in [6, 6.07) is 14.4. The van der Waals surface area contributed by atoms with Crippen molar-refractivity contribution in [1.29, 1.82) is 0 Å². The second-order valence-electron chi connectivity index (χ2n) is 4.95. The lowest BCUT2D eigenvalue weighted by Gasteiger charge is -2.04. The Kier molecular flexibility index (Phi) is 3.28. The van der Waals surface area contributed by atoms with Gasteiger partial charge in [-0.15, -0.1) is 0 Å². The van der Waals surface area contributed by atoms with Gasteiger partial charge in [0, 0.05) is 33.9 Å². The molecule has 1 aromatic heterocycles. The second kappa shape index (κ2) is 5.10. The van der Waals surface area contributed by atoms with Crippen LogP contribution in [-0.2, 0) is 6.54 Å². The zero-order chi connectivity index (χ0) is 14.1. The van der Waals surface area contributed by atoms with Crippen LogP contribution in [0.4, 0.5) is 0 Å². The molecule has 3 nitrogen and oxygen atoms in total. The lowest BCUT2D eigenvalue weighted by molar-refractivity contribution is 0.0993. The molecule has 3 heteroatoms. The Morgan fingerprint density at radius 2 is 1.85 bits per heavy atom. The van der Waals surface area contributed by atoms with Gasteiger partial charge < -0.3 is 9.88 Å². The summed E-state index contributed by atoms with van der Waals surface area (Å²) in [5.41, 5.74) is 3.18. The Hall–Kier alpha value is -2.13. The van der Waals surface area contributed by atoms with Gasteiger partial charge in [-0.2, -0.15) is 0 Å². The molecule has 0 aliphatic heterocycles. The molecule has 0 unspecified atom stereocenters. The third-order valence-corrected chi connectivity index (χ3v) is 3.75. The molecule has 1 N–H and O–H groups in total. The molecular formula is C17H18N2O. The minimum atomic E-state index is 0.128. The summed E-state index contributed by atoms with van der Waals surface area (Å²) in [6.07, 6.45) is 0. The van der Waals surface area contributed by atoms with Crippen molar-refractivity contribution in [3.8, 4) is 0 Å². The Balaban J connectivity index is 2.28. The highest BCUT2D eigenvalue weighted by molar-refractivity contribution is 6.11. The number of para-hydroxylation sites is 1. The molecule has 2 aromatic carbocycles. The van der Waals surface area contributed by atoms with E-state index in [-0.39, 0.29) is 5.78 Å². The number of hydrogen-bond donors (Lipinski definition) is 1. The highest BCUT2D eigenvalue weighted by Crippen LogP contribution is 2.29. The number of aryl methyl sites for hydroxylation is 1. The number of carbonyl (C=O) groups excluding carboxylic acids is 1. The van der Waals surface area contributed by atoms with Crippen LogP contribution in [0.25, 0.3) is 21.8 Å². The van der Waals surface area contributed by atoms with Crippen LogP contribution in [0, 0.1) is 0 Å². The van der Waals surface area contributed by atoms with Crippen LogP contribution in [0.1, 0.15) is 17.3 Å². The maximum absolute atomic E-state index is 12.0. The van der Waals surface area contributed by atoms with Crippen molar-refractivity contribution in [1.82, 2.24) is 9.88 Å². The Bertz CT molecular complexity index is 786. The molecule has 0 spiro atoms. The highest BCUT2D eigenvalue weighted by Gasteiger charge is 2.12. The second-order valence-corrected chi connectivity index (χ2v) is 4.95. The van der Waals surface area contributed by atoms with E-state index >= 15 is 0 Å². The molecule has 102 valence electrons. The van der Waals surface area contributed by atoms with E-state index in [2.05, 4.69) is 41.1 Å². The summed E-state index contributed by atoms with van der Waals surface area (Å²) in [4.78, 5) is 12.0. The first-order chi connectivity index (χ1) is 9.76. The molecule has 0 bridgehead atoms. The molecule has 0 saturated carbocycles. The van der Waals surface area contributed by atoms with Crippen molar-refractivity contribution in [3.05, 3.63) is 48.0 Å².